The van der Waals surface area contributed by atoms with Crippen molar-refractivity contribution < 1.29 is 0 Å². The fourth-order valence-electron chi connectivity index (χ4n) is 0.725. The molecule has 0 bridgehead atoms. The van der Waals surface area contributed by atoms with E-state index >= 15 is 0 Å². The molecule has 0 radical (unpaired) electrons. The first-order valence-electron chi connectivity index (χ1n) is 2.98. The maximum atomic E-state index is 4.91. The van der Waals surface area contributed by atoms with Crippen molar-refractivity contribution in [2.75, 3.05) is 0 Å². The molecule has 0 spiro atoms. The second-order valence-electron chi connectivity index (χ2n) is 1.99. The number of aromatic amines is 1. The lowest BCUT2D eigenvalue weighted by Gasteiger charge is -1.92. The normalized spacial score (nSPS) is 9.70. The third-order valence-corrected chi connectivity index (χ3v) is 1.41. The van der Waals surface area contributed by atoms with Crippen LogP contribution in [0.5, 0.6) is 0 Å². The van der Waals surface area contributed by atoms with Gasteiger partial charge in [0.2, 0.25) is 4.77 Å². The van der Waals surface area contributed by atoms with Crippen molar-refractivity contribution in [1.82, 2.24) is 14.8 Å². The Balaban J connectivity index is 3.03. The van der Waals surface area contributed by atoms with Gasteiger partial charge in [-0.2, -0.15) is 0 Å². The Bertz CT molecular complexity index is 283. The molecule has 0 atom stereocenters. The number of hydrogen-bond acceptors (Lipinski definition) is 2. The van der Waals surface area contributed by atoms with Gasteiger partial charge in [-0.1, -0.05) is 6.08 Å². The summed E-state index contributed by atoms with van der Waals surface area (Å²) >= 11 is 4.91. The summed E-state index contributed by atoms with van der Waals surface area (Å²) in [7, 11) is 0. The second kappa shape index (κ2) is 2.79. The Morgan fingerprint density at radius 1 is 1.90 bits per heavy atom. The fourth-order valence-corrected chi connectivity index (χ4v) is 0.982. The summed E-state index contributed by atoms with van der Waals surface area (Å²) in [5, 5.41) is 2.98. The predicted octanol–water partition coefficient (Wildman–Crippen LogP) is 1.44. The highest BCUT2D eigenvalue weighted by Crippen LogP contribution is 1.90. The molecule has 0 aromatic carbocycles. The standard InChI is InChI=1S/C6H9N3S/c1-3-4-9-6(10)7-5(2)8-9/h3H,1,4H2,2H3,(H,7,8,10). The van der Waals surface area contributed by atoms with E-state index in [2.05, 4.69) is 16.7 Å². The summed E-state index contributed by atoms with van der Waals surface area (Å²) < 4.78 is 2.34. The molecule has 3 nitrogen and oxygen atoms in total. The Kier molecular flexibility index (Phi) is 2.01. The van der Waals surface area contributed by atoms with Crippen LogP contribution in [-0.4, -0.2) is 14.8 Å². The first-order valence-corrected chi connectivity index (χ1v) is 3.39. The van der Waals surface area contributed by atoms with Gasteiger partial charge in [-0.05, 0) is 19.1 Å². The molecule has 1 heterocycles. The molecule has 1 aromatic heterocycles. The molecule has 0 amide bonds. The van der Waals surface area contributed by atoms with E-state index in [4.69, 9.17) is 12.2 Å². The largest absolute Gasteiger partial charge is 0.283 e. The van der Waals surface area contributed by atoms with Gasteiger partial charge in [0.15, 0.2) is 0 Å². The van der Waals surface area contributed by atoms with Crippen LogP contribution in [0.3, 0.4) is 0 Å². The highest BCUT2D eigenvalue weighted by atomic mass is 32.1. The fraction of sp³-hybridized carbons (Fsp3) is 0.333. The first kappa shape index (κ1) is 7.21. The quantitative estimate of drug-likeness (QED) is 0.518. The number of hydrogen-bond donors (Lipinski definition) is 1. The van der Waals surface area contributed by atoms with Gasteiger partial charge in [0.05, 0.1) is 6.54 Å². The Morgan fingerprint density at radius 2 is 2.60 bits per heavy atom. The van der Waals surface area contributed by atoms with E-state index in [1.54, 1.807) is 10.8 Å². The van der Waals surface area contributed by atoms with Gasteiger partial charge >= 0.3 is 0 Å². The van der Waals surface area contributed by atoms with E-state index in [9.17, 15) is 0 Å². The van der Waals surface area contributed by atoms with Crippen molar-refractivity contribution >= 4 is 12.2 Å². The minimum absolute atomic E-state index is 0.581. The molecule has 10 heavy (non-hydrogen) atoms. The van der Waals surface area contributed by atoms with Crippen molar-refractivity contribution in [3.05, 3.63) is 23.3 Å². The molecule has 0 aliphatic rings. The summed E-state index contributed by atoms with van der Waals surface area (Å²) in [6.45, 7) is 6.16. The monoisotopic (exact) mass is 155 g/mol. The van der Waals surface area contributed by atoms with Crippen LogP contribution in [0, 0.1) is 11.7 Å². The van der Waals surface area contributed by atoms with Crippen LogP contribution in [0.1, 0.15) is 5.82 Å². The van der Waals surface area contributed by atoms with E-state index in [-0.39, 0.29) is 0 Å². The number of aryl methyl sites for hydroxylation is 1. The number of rotatable bonds is 2. The summed E-state index contributed by atoms with van der Waals surface area (Å²) in [4.78, 5) is 4.00. The maximum absolute atomic E-state index is 4.91. The number of H-pyrrole nitrogens is 1. The van der Waals surface area contributed by atoms with Crippen molar-refractivity contribution in [2.45, 2.75) is 13.5 Å². The zero-order chi connectivity index (χ0) is 7.56. The third-order valence-electron chi connectivity index (χ3n) is 1.10. The average molecular weight is 155 g/mol. The van der Waals surface area contributed by atoms with Crippen molar-refractivity contribution in [3.8, 4) is 0 Å². The molecule has 0 aliphatic heterocycles. The minimum Gasteiger partial charge on any atom is -0.283 e. The van der Waals surface area contributed by atoms with Gasteiger partial charge < -0.3 is 0 Å². The Labute approximate surface area is 64.4 Å². The lowest BCUT2D eigenvalue weighted by molar-refractivity contribution is 0.684. The molecule has 0 saturated heterocycles. The lowest BCUT2D eigenvalue weighted by atomic mass is 10.6. The van der Waals surface area contributed by atoms with E-state index < -0.39 is 0 Å². The topological polar surface area (TPSA) is 33.6 Å². The van der Waals surface area contributed by atoms with Gasteiger partial charge in [0.25, 0.3) is 0 Å². The highest BCUT2D eigenvalue weighted by Gasteiger charge is 1.92. The molecule has 4 heteroatoms. The molecule has 1 N–H and O–H groups in total. The molecule has 0 unspecified atom stereocenters. The van der Waals surface area contributed by atoms with Crippen LogP contribution < -0.4 is 0 Å². The van der Waals surface area contributed by atoms with Crippen LogP contribution in [0.2, 0.25) is 0 Å². The molecule has 54 valence electrons. The summed E-state index contributed by atoms with van der Waals surface area (Å²) in [5.41, 5.74) is 0. The maximum Gasteiger partial charge on any atom is 0.216 e. The summed E-state index contributed by atoms with van der Waals surface area (Å²) in [5.74, 6) is 0.840. The van der Waals surface area contributed by atoms with E-state index in [0.717, 1.165) is 5.82 Å². The predicted molar refractivity (Wildman–Crippen MR) is 42.3 cm³/mol. The second-order valence-corrected chi connectivity index (χ2v) is 2.36. The van der Waals surface area contributed by atoms with Gasteiger partial charge in [-0.15, -0.1) is 6.58 Å². The van der Waals surface area contributed by atoms with Gasteiger partial charge in [-0.25, -0.2) is 4.98 Å². The molecule has 1 rings (SSSR count). The van der Waals surface area contributed by atoms with Gasteiger partial charge in [-0.3, -0.25) is 9.78 Å². The van der Waals surface area contributed by atoms with Crippen molar-refractivity contribution in [2.24, 2.45) is 0 Å². The van der Waals surface area contributed by atoms with Crippen LogP contribution in [0.4, 0.5) is 0 Å². The summed E-state index contributed by atoms with van der Waals surface area (Å²) in [6.07, 6.45) is 1.77. The van der Waals surface area contributed by atoms with Gasteiger partial charge in [0, 0.05) is 0 Å². The SMILES string of the molecule is C=CCn1[nH]c(C)nc1=S. The molecule has 0 saturated carbocycles. The van der Waals surface area contributed by atoms with E-state index in [1.165, 1.54) is 0 Å². The summed E-state index contributed by atoms with van der Waals surface area (Å²) in [6, 6.07) is 0. The number of allylic oxidation sites excluding steroid dienone is 1. The Morgan fingerprint density at radius 3 is 3.00 bits per heavy atom. The molecule has 1 aromatic rings. The average Bonchev–Trinajstić information content (AvgIpc) is 2.13. The zero-order valence-electron chi connectivity index (χ0n) is 5.79. The smallest absolute Gasteiger partial charge is 0.216 e. The van der Waals surface area contributed by atoms with E-state index in [0.29, 0.717) is 11.3 Å². The number of nitrogens with one attached hydrogen (secondary N) is 1. The first-order chi connectivity index (χ1) is 4.74. The number of aromatic nitrogens is 3. The molecule has 0 aliphatic carbocycles. The van der Waals surface area contributed by atoms with Crippen LogP contribution in [0.15, 0.2) is 12.7 Å². The van der Waals surface area contributed by atoms with Gasteiger partial charge in [0.1, 0.15) is 5.82 Å². The van der Waals surface area contributed by atoms with Crippen molar-refractivity contribution in [1.29, 1.82) is 0 Å². The third kappa shape index (κ3) is 1.33. The van der Waals surface area contributed by atoms with Crippen LogP contribution in [0.25, 0.3) is 0 Å². The number of nitrogens with zero attached hydrogens (tertiary/aromatic N) is 2. The van der Waals surface area contributed by atoms with Crippen LogP contribution in [-0.2, 0) is 6.54 Å². The van der Waals surface area contributed by atoms with Crippen LogP contribution >= 0.6 is 12.2 Å². The molecule has 0 fully saturated rings. The lowest BCUT2D eigenvalue weighted by Crippen LogP contribution is -1.96. The van der Waals surface area contributed by atoms with Crippen molar-refractivity contribution in [3.63, 3.8) is 0 Å². The molecular formula is C6H9N3S. The minimum atomic E-state index is 0.581. The molecular weight excluding hydrogens is 146 g/mol. The zero-order valence-corrected chi connectivity index (χ0v) is 6.61. The highest BCUT2D eigenvalue weighted by molar-refractivity contribution is 7.71. The Hall–Kier alpha value is -0.900. The van der Waals surface area contributed by atoms with E-state index in [1.807, 2.05) is 6.92 Å².